The van der Waals surface area contributed by atoms with Gasteiger partial charge in [-0.1, -0.05) is 54.3 Å². The molecule has 190 valence electrons. The standard InChI is InChI=1S/C24H18Cl2F4N2O4/c1-11(2)20(33)32-9-22(10-32)15-4-3-12(5-14(15)21(34)35-22)18-8-23(36-31-18,24(28,29)30)13-6-16(25)19(27)17(26)7-13/h3-7,11H,8-10H2,1-2H3. The lowest BCUT2D eigenvalue weighted by Gasteiger charge is -2.47. The molecule has 0 aromatic heterocycles. The first-order chi connectivity index (χ1) is 16.8. The van der Waals surface area contributed by atoms with E-state index in [9.17, 15) is 27.2 Å². The highest BCUT2D eigenvalue weighted by Crippen LogP contribution is 2.51. The predicted octanol–water partition coefficient (Wildman–Crippen LogP) is 5.58. The monoisotopic (exact) mass is 544 g/mol. The summed E-state index contributed by atoms with van der Waals surface area (Å²) in [5.74, 6) is -1.96. The van der Waals surface area contributed by atoms with Crippen LogP contribution in [0, 0.1) is 11.7 Å². The third kappa shape index (κ3) is 3.56. The third-order valence-corrected chi connectivity index (χ3v) is 7.24. The molecule has 1 amide bonds. The molecule has 1 fully saturated rings. The lowest BCUT2D eigenvalue weighted by Crippen LogP contribution is -2.62. The lowest BCUT2D eigenvalue weighted by atomic mass is 9.82. The Kier molecular flexibility index (Phi) is 5.57. The Morgan fingerprint density at radius 1 is 1.14 bits per heavy atom. The molecule has 0 bridgehead atoms. The van der Waals surface area contributed by atoms with Gasteiger partial charge >= 0.3 is 12.1 Å². The van der Waals surface area contributed by atoms with Gasteiger partial charge in [0.2, 0.25) is 5.91 Å². The molecule has 0 N–H and O–H groups in total. The third-order valence-electron chi connectivity index (χ3n) is 6.69. The first kappa shape index (κ1) is 24.8. The van der Waals surface area contributed by atoms with Gasteiger partial charge < -0.3 is 14.5 Å². The molecule has 1 atom stereocenters. The topological polar surface area (TPSA) is 68.2 Å². The van der Waals surface area contributed by atoms with Gasteiger partial charge in [0, 0.05) is 29.0 Å². The Bertz CT molecular complexity index is 1310. The van der Waals surface area contributed by atoms with Gasteiger partial charge in [-0.25, -0.2) is 9.18 Å². The number of nitrogens with zero attached hydrogens (tertiary/aromatic N) is 2. The van der Waals surface area contributed by atoms with Gasteiger partial charge in [0.15, 0.2) is 11.4 Å². The molecule has 3 heterocycles. The maximum atomic E-state index is 14.3. The van der Waals surface area contributed by atoms with E-state index in [2.05, 4.69) is 5.16 Å². The highest BCUT2D eigenvalue weighted by Gasteiger charge is 2.63. The highest BCUT2D eigenvalue weighted by atomic mass is 35.5. The van der Waals surface area contributed by atoms with Crippen molar-refractivity contribution in [3.05, 3.63) is 68.4 Å². The van der Waals surface area contributed by atoms with Crippen molar-refractivity contribution in [2.75, 3.05) is 13.1 Å². The molecule has 5 rings (SSSR count). The fourth-order valence-electron chi connectivity index (χ4n) is 4.75. The summed E-state index contributed by atoms with van der Waals surface area (Å²) in [6.45, 7) is 3.95. The predicted molar refractivity (Wildman–Crippen MR) is 121 cm³/mol. The number of hydrogen-bond acceptors (Lipinski definition) is 5. The average Bonchev–Trinajstić information content (AvgIpc) is 3.36. The largest absolute Gasteiger partial charge is 0.447 e. The zero-order valence-electron chi connectivity index (χ0n) is 18.9. The molecule has 0 aliphatic carbocycles. The summed E-state index contributed by atoms with van der Waals surface area (Å²) in [5.41, 5.74) is -3.54. The van der Waals surface area contributed by atoms with E-state index in [1.165, 1.54) is 12.1 Å². The van der Waals surface area contributed by atoms with Crippen LogP contribution in [0.1, 0.15) is 47.3 Å². The Balaban J connectivity index is 1.45. The molecule has 2 aromatic carbocycles. The number of oxime groups is 1. The van der Waals surface area contributed by atoms with Crippen LogP contribution in [0.5, 0.6) is 0 Å². The molecule has 1 spiro atoms. The van der Waals surface area contributed by atoms with Crippen LogP contribution in [0.3, 0.4) is 0 Å². The van der Waals surface area contributed by atoms with Crippen molar-refractivity contribution < 1.29 is 36.7 Å². The SMILES string of the molecule is CC(C)C(=O)N1CC2(C1)OC(=O)c1cc(C3=NOC(c4cc(Cl)c(F)c(Cl)c4)(C(F)(F)F)C3)ccc12. The minimum absolute atomic E-state index is 0.0660. The molecule has 36 heavy (non-hydrogen) atoms. The van der Waals surface area contributed by atoms with Crippen LogP contribution in [0.2, 0.25) is 10.0 Å². The van der Waals surface area contributed by atoms with E-state index in [0.29, 0.717) is 5.56 Å². The van der Waals surface area contributed by atoms with Gasteiger partial charge in [-0.3, -0.25) is 4.79 Å². The number of benzene rings is 2. The van der Waals surface area contributed by atoms with Crippen LogP contribution in [0.25, 0.3) is 0 Å². The smallest absolute Gasteiger partial charge is 0.435 e. The molecule has 3 aliphatic heterocycles. The van der Waals surface area contributed by atoms with Gasteiger partial charge in [-0.15, -0.1) is 0 Å². The first-order valence-electron chi connectivity index (χ1n) is 10.9. The molecular formula is C24H18Cl2F4N2O4. The number of likely N-dealkylation sites (tertiary alicyclic amines) is 1. The maximum absolute atomic E-state index is 14.3. The van der Waals surface area contributed by atoms with Gasteiger partial charge in [-0.05, 0) is 18.2 Å². The minimum Gasteiger partial charge on any atom is -0.447 e. The number of hydrogen-bond donors (Lipinski definition) is 0. The average molecular weight is 545 g/mol. The number of fused-ring (bicyclic) bond motifs is 2. The normalized spacial score (nSPS) is 22.3. The second kappa shape index (κ2) is 8.08. The van der Waals surface area contributed by atoms with E-state index in [1.807, 2.05) is 0 Å². The van der Waals surface area contributed by atoms with Gasteiger partial charge in [0.25, 0.3) is 5.60 Å². The quantitative estimate of drug-likeness (QED) is 0.287. The van der Waals surface area contributed by atoms with Crippen LogP contribution in [0.15, 0.2) is 35.5 Å². The Morgan fingerprint density at radius 3 is 2.36 bits per heavy atom. The van der Waals surface area contributed by atoms with Crippen molar-refractivity contribution in [1.29, 1.82) is 0 Å². The van der Waals surface area contributed by atoms with Crippen molar-refractivity contribution in [2.24, 2.45) is 11.1 Å². The van der Waals surface area contributed by atoms with Crippen LogP contribution < -0.4 is 0 Å². The summed E-state index contributed by atoms with van der Waals surface area (Å²) in [4.78, 5) is 31.4. The van der Waals surface area contributed by atoms with Crippen LogP contribution in [0.4, 0.5) is 17.6 Å². The molecule has 1 unspecified atom stereocenters. The van der Waals surface area contributed by atoms with E-state index in [4.69, 9.17) is 32.8 Å². The first-order valence-corrected chi connectivity index (χ1v) is 11.7. The molecule has 1 saturated heterocycles. The summed E-state index contributed by atoms with van der Waals surface area (Å²) in [6.07, 6.45) is -5.72. The summed E-state index contributed by atoms with van der Waals surface area (Å²) in [7, 11) is 0. The van der Waals surface area contributed by atoms with E-state index >= 15 is 0 Å². The van der Waals surface area contributed by atoms with Crippen LogP contribution in [-0.4, -0.2) is 41.8 Å². The van der Waals surface area contributed by atoms with E-state index in [0.717, 1.165) is 12.1 Å². The number of esters is 1. The Labute approximate surface area is 212 Å². The Morgan fingerprint density at radius 2 is 1.78 bits per heavy atom. The van der Waals surface area contributed by atoms with Gasteiger partial charge in [0.1, 0.15) is 0 Å². The molecular weight excluding hydrogens is 527 g/mol. The molecule has 2 aromatic rings. The number of carbonyl (C=O) groups excluding carboxylic acids is 2. The molecule has 0 saturated carbocycles. The minimum atomic E-state index is -4.96. The number of halogens is 6. The van der Waals surface area contributed by atoms with Crippen LogP contribution >= 0.6 is 23.2 Å². The van der Waals surface area contributed by atoms with Gasteiger partial charge in [0.05, 0.1) is 34.4 Å². The zero-order valence-corrected chi connectivity index (χ0v) is 20.4. The maximum Gasteiger partial charge on any atom is 0.435 e. The second-order valence-corrected chi connectivity index (χ2v) is 10.2. The fraction of sp³-hybridized carbons (Fsp3) is 0.375. The summed E-state index contributed by atoms with van der Waals surface area (Å²) in [5, 5.41) is 2.49. The molecule has 12 heteroatoms. The number of ether oxygens (including phenoxy) is 1. The van der Waals surface area contributed by atoms with E-state index in [1.54, 1.807) is 24.8 Å². The summed E-state index contributed by atoms with van der Waals surface area (Å²) in [6, 6.07) is 6.13. The fourth-order valence-corrected chi connectivity index (χ4v) is 5.24. The lowest BCUT2D eigenvalue weighted by molar-refractivity contribution is -0.275. The number of rotatable bonds is 3. The van der Waals surface area contributed by atoms with Crippen molar-refractivity contribution in [3.8, 4) is 0 Å². The molecule has 6 nitrogen and oxygen atoms in total. The zero-order chi connectivity index (χ0) is 26.2. The van der Waals surface area contributed by atoms with Crippen molar-refractivity contribution >= 4 is 40.8 Å². The van der Waals surface area contributed by atoms with E-state index in [-0.39, 0.29) is 41.8 Å². The van der Waals surface area contributed by atoms with Gasteiger partial charge in [-0.2, -0.15) is 13.2 Å². The Hall–Kier alpha value is -2.85. The van der Waals surface area contributed by atoms with Crippen molar-refractivity contribution in [3.63, 3.8) is 0 Å². The number of alkyl halides is 3. The number of amides is 1. The second-order valence-electron chi connectivity index (χ2n) is 9.38. The van der Waals surface area contributed by atoms with Crippen molar-refractivity contribution in [1.82, 2.24) is 4.90 Å². The molecule has 3 aliphatic rings. The molecule has 0 radical (unpaired) electrons. The van der Waals surface area contributed by atoms with Crippen LogP contribution in [-0.2, 0) is 25.6 Å². The highest BCUT2D eigenvalue weighted by molar-refractivity contribution is 6.35. The summed E-state index contributed by atoms with van der Waals surface area (Å²) < 4.78 is 62.2. The van der Waals surface area contributed by atoms with Crippen molar-refractivity contribution in [2.45, 2.75) is 37.6 Å². The van der Waals surface area contributed by atoms with E-state index < -0.39 is 51.2 Å². The number of carbonyl (C=O) groups is 2. The summed E-state index contributed by atoms with van der Waals surface area (Å²) >= 11 is 11.5.